The van der Waals surface area contributed by atoms with E-state index >= 15 is 0 Å². The van der Waals surface area contributed by atoms with Crippen molar-refractivity contribution in [3.8, 4) is 0 Å². The SMILES string of the molecule is Nc1nccc2ccc(SC(F)(F)F)cc12. The highest BCUT2D eigenvalue weighted by molar-refractivity contribution is 8.00. The van der Waals surface area contributed by atoms with E-state index in [0.717, 1.165) is 5.39 Å². The standard InChI is InChI=1S/C10H7F3N2S/c11-10(12,13)16-7-2-1-6-3-4-15-9(14)8(6)5-7/h1-5H,(H2,14,15). The maximum Gasteiger partial charge on any atom is 0.446 e. The van der Waals surface area contributed by atoms with Gasteiger partial charge in [-0.3, -0.25) is 0 Å². The summed E-state index contributed by atoms with van der Waals surface area (Å²) in [5, 5.41) is 1.32. The molecule has 6 heteroatoms. The number of hydrogen-bond donors (Lipinski definition) is 1. The van der Waals surface area contributed by atoms with Crippen molar-refractivity contribution in [2.24, 2.45) is 0 Å². The zero-order valence-corrected chi connectivity index (χ0v) is 8.77. The topological polar surface area (TPSA) is 38.9 Å². The maximum atomic E-state index is 12.2. The van der Waals surface area contributed by atoms with E-state index in [1.54, 1.807) is 12.1 Å². The molecule has 0 atom stereocenters. The third-order valence-corrected chi connectivity index (χ3v) is 2.72. The number of nitrogen functional groups attached to an aromatic ring is 1. The summed E-state index contributed by atoms with van der Waals surface area (Å²) < 4.78 is 36.5. The Bertz CT molecular complexity index is 525. The Hall–Kier alpha value is -1.43. The number of benzene rings is 1. The molecule has 2 rings (SSSR count). The predicted octanol–water partition coefficient (Wildman–Crippen LogP) is 3.43. The molecule has 0 aliphatic carbocycles. The van der Waals surface area contributed by atoms with E-state index < -0.39 is 5.51 Å². The first-order valence-electron chi connectivity index (χ1n) is 4.36. The molecule has 0 fully saturated rings. The lowest BCUT2D eigenvalue weighted by molar-refractivity contribution is -0.0328. The van der Waals surface area contributed by atoms with Crippen LogP contribution in [0.25, 0.3) is 10.8 Å². The quantitative estimate of drug-likeness (QED) is 0.781. The number of nitrogens with zero attached hydrogens (tertiary/aromatic N) is 1. The molecule has 0 radical (unpaired) electrons. The minimum Gasteiger partial charge on any atom is -0.383 e. The molecular formula is C10H7F3N2S. The van der Waals surface area contributed by atoms with Crippen LogP contribution in [-0.4, -0.2) is 10.5 Å². The Morgan fingerprint density at radius 2 is 1.94 bits per heavy atom. The highest BCUT2D eigenvalue weighted by Crippen LogP contribution is 2.38. The molecule has 0 spiro atoms. The summed E-state index contributed by atoms with van der Waals surface area (Å²) in [6, 6.07) is 6.12. The van der Waals surface area contributed by atoms with Gasteiger partial charge in [-0.2, -0.15) is 13.2 Å². The summed E-state index contributed by atoms with van der Waals surface area (Å²) in [5.41, 5.74) is 1.30. The molecule has 0 bridgehead atoms. The Kier molecular flexibility index (Phi) is 2.67. The zero-order chi connectivity index (χ0) is 11.8. The molecular weight excluding hydrogens is 237 g/mol. The highest BCUT2D eigenvalue weighted by atomic mass is 32.2. The number of fused-ring (bicyclic) bond motifs is 1. The molecule has 2 N–H and O–H groups in total. The first-order chi connectivity index (χ1) is 7.46. The number of halogens is 3. The van der Waals surface area contributed by atoms with Gasteiger partial charge in [0.25, 0.3) is 0 Å². The molecule has 84 valence electrons. The second kappa shape index (κ2) is 3.86. The Labute approximate surface area is 93.7 Å². The molecule has 0 saturated carbocycles. The summed E-state index contributed by atoms with van der Waals surface area (Å²) in [6.07, 6.45) is 1.52. The third-order valence-electron chi connectivity index (χ3n) is 2.00. The van der Waals surface area contributed by atoms with Crippen molar-refractivity contribution in [1.29, 1.82) is 0 Å². The van der Waals surface area contributed by atoms with Crippen LogP contribution >= 0.6 is 11.8 Å². The van der Waals surface area contributed by atoms with Crippen LogP contribution < -0.4 is 5.73 Å². The number of hydrogen-bond acceptors (Lipinski definition) is 3. The van der Waals surface area contributed by atoms with Crippen LogP contribution in [0.15, 0.2) is 35.4 Å². The highest BCUT2D eigenvalue weighted by Gasteiger charge is 2.29. The smallest absolute Gasteiger partial charge is 0.383 e. The number of thioether (sulfide) groups is 1. The van der Waals surface area contributed by atoms with Crippen molar-refractivity contribution in [2.75, 3.05) is 5.73 Å². The van der Waals surface area contributed by atoms with E-state index in [-0.39, 0.29) is 22.5 Å². The van der Waals surface area contributed by atoms with E-state index in [4.69, 9.17) is 5.73 Å². The van der Waals surface area contributed by atoms with Gasteiger partial charge in [-0.25, -0.2) is 4.98 Å². The molecule has 2 nitrogen and oxygen atoms in total. The van der Waals surface area contributed by atoms with Gasteiger partial charge in [0.15, 0.2) is 0 Å². The summed E-state index contributed by atoms with van der Waals surface area (Å²) in [5.74, 6) is 0.238. The minimum atomic E-state index is -4.29. The molecule has 0 aliphatic heterocycles. The Morgan fingerprint density at radius 3 is 2.62 bits per heavy atom. The molecule has 0 aliphatic rings. The van der Waals surface area contributed by atoms with Crippen LogP contribution in [0.2, 0.25) is 0 Å². The Morgan fingerprint density at radius 1 is 1.19 bits per heavy atom. The van der Waals surface area contributed by atoms with Gasteiger partial charge in [0, 0.05) is 16.5 Å². The fourth-order valence-corrected chi connectivity index (χ4v) is 1.95. The van der Waals surface area contributed by atoms with Crippen molar-refractivity contribution in [3.63, 3.8) is 0 Å². The lowest BCUT2D eigenvalue weighted by Crippen LogP contribution is -1.99. The third kappa shape index (κ3) is 2.38. The van der Waals surface area contributed by atoms with E-state index in [0.29, 0.717) is 5.39 Å². The van der Waals surface area contributed by atoms with Crippen molar-refractivity contribution in [1.82, 2.24) is 4.98 Å². The lowest BCUT2D eigenvalue weighted by atomic mass is 10.2. The maximum absolute atomic E-state index is 12.2. The summed E-state index contributed by atoms with van der Waals surface area (Å²) in [7, 11) is 0. The summed E-state index contributed by atoms with van der Waals surface area (Å²) >= 11 is -0.159. The average Bonchev–Trinajstić information content (AvgIpc) is 2.17. The summed E-state index contributed by atoms with van der Waals surface area (Å²) in [4.78, 5) is 3.94. The normalized spacial score (nSPS) is 11.9. The van der Waals surface area contributed by atoms with Gasteiger partial charge in [-0.15, -0.1) is 0 Å². The van der Waals surface area contributed by atoms with Gasteiger partial charge in [0.1, 0.15) is 5.82 Å². The molecule has 1 heterocycles. The van der Waals surface area contributed by atoms with Gasteiger partial charge in [0.2, 0.25) is 0 Å². The first kappa shape index (κ1) is 11.1. The van der Waals surface area contributed by atoms with E-state index in [2.05, 4.69) is 4.98 Å². The molecule has 0 saturated heterocycles. The Balaban J connectivity index is 2.47. The lowest BCUT2D eigenvalue weighted by Gasteiger charge is -2.07. The van der Waals surface area contributed by atoms with Crippen molar-refractivity contribution in [2.45, 2.75) is 10.4 Å². The number of rotatable bonds is 1. The summed E-state index contributed by atoms with van der Waals surface area (Å²) in [6.45, 7) is 0. The van der Waals surface area contributed by atoms with Crippen LogP contribution in [0.3, 0.4) is 0 Å². The van der Waals surface area contributed by atoms with Crippen LogP contribution in [0.1, 0.15) is 0 Å². The fourth-order valence-electron chi connectivity index (χ4n) is 1.37. The van der Waals surface area contributed by atoms with Crippen molar-refractivity contribution >= 4 is 28.4 Å². The zero-order valence-electron chi connectivity index (χ0n) is 7.95. The van der Waals surface area contributed by atoms with E-state index in [1.165, 1.54) is 18.3 Å². The molecule has 16 heavy (non-hydrogen) atoms. The second-order valence-corrected chi connectivity index (χ2v) is 4.27. The van der Waals surface area contributed by atoms with Gasteiger partial charge in [0.05, 0.1) is 0 Å². The minimum absolute atomic E-state index is 0.111. The largest absolute Gasteiger partial charge is 0.446 e. The first-order valence-corrected chi connectivity index (χ1v) is 5.17. The monoisotopic (exact) mass is 244 g/mol. The van der Waals surface area contributed by atoms with Crippen molar-refractivity contribution in [3.05, 3.63) is 30.5 Å². The van der Waals surface area contributed by atoms with Gasteiger partial charge in [-0.05, 0) is 35.3 Å². The number of anilines is 1. The number of pyridine rings is 1. The molecule has 0 amide bonds. The molecule has 1 aromatic heterocycles. The van der Waals surface area contributed by atoms with Gasteiger partial charge in [-0.1, -0.05) is 6.07 Å². The molecule has 0 unspecified atom stereocenters. The van der Waals surface area contributed by atoms with Crippen LogP contribution in [-0.2, 0) is 0 Å². The van der Waals surface area contributed by atoms with E-state index in [1.807, 2.05) is 0 Å². The van der Waals surface area contributed by atoms with Crippen LogP contribution in [0.5, 0.6) is 0 Å². The molecule has 1 aromatic carbocycles. The number of nitrogens with two attached hydrogens (primary N) is 1. The predicted molar refractivity (Wildman–Crippen MR) is 58.1 cm³/mol. The number of alkyl halides is 3. The fraction of sp³-hybridized carbons (Fsp3) is 0.100. The van der Waals surface area contributed by atoms with Gasteiger partial charge < -0.3 is 5.73 Å². The molecule has 2 aromatic rings. The van der Waals surface area contributed by atoms with Crippen LogP contribution in [0.4, 0.5) is 19.0 Å². The van der Waals surface area contributed by atoms with E-state index in [9.17, 15) is 13.2 Å². The van der Waals surface area contributed by atoms with Crippen LogP contribution in [0, 0.1) is 0 Å². The average molecular weight is 244 g/mol. The van der Waals surface area contributed by atoms with Crippen molar-refractivity contribution < 1.29 is 13.2 Å². The van der Waals surface area contributed by atoms with Gasteiger partial charge >= 0.3 is 5.51 Å². The second-order valence-electron chi connectivity index (χ2n) is 3.13. The number of aromatic nitrogens is 1.